The van der Waals surface area contributed by atoms with Crippen LogP contribution in [-0.2, 0) is 20.7 Å². The van der Waals surface area contributed by atoms with Gasteiger partial charge in [0.15, 0.2) is 0 Å². The fourth-order valence-corrected chi connectivity index (χ4v) is 4.51. The van der Waals surface area contributed by atoms with E-state index in [0.29, 0.717) is 11.1 Å². The summed E-state index contributed by atoms with van der Waals surface area (Å²) >= 11 is 0. The van der Waals surface area contributed by atoms with Crippen LogP contribution in [-0.4, -0.2) is 31.2 Å². The van der Waals surface area contributed by atoms with Crippen molar-refractivity contribution in [2.24, 2.45) is 0 Å². The first kappa shape index (κ1) is 21.2. The number of carbonyl (C=O) groups excluding carboxylic acids is 2. The molecule has 2 aromatic carbocycles. The standard InChI is InChI=1S/C26H29NO4/c1-26(14-7-4-8-15-26)31-25(29)22(19-9-5-3-6-10-19)18-27-16-13-20-17-21(24(28)30-2)11-12-23(20)27/h3,5-6,9-12,17-18H,4,7-8,13-16H2,1-2H3/b22-18+. The molecule has 0 amide bonds. The molecule has 0 N–H and O–H groups in total. The molecule has 5 nitrogen and oxygen atoms in total. The van der Waals surface area contributed by atoms with Crippen LogP contribution in [0.5, 0.6) is 0 Å². The first-order chi connectivity index (χ1) is 15.0. The number of ether oxygens (including phenoxy) is 2. The van der Waals surface area contributed by atoms with E-state index < -0.39 is 5.60 Å². The quantitative estimate of drug-likeness (QED) is 0.496. The summed E-state index contributed by atoms with van der Waals surface area (Å²) in [6.45, 7) is 2.78. The van der Waals surface area contributed by atoms with E-state index in [1.807, 2.05) is 55.6 Å². The summed E-state index contributed by atoms with van der Waals surface area (Å²) in [4.78, 5) is 27.3. The van der Waals surface area contributed by atoms with Crippen molar-refractivity contribution in [2.45, 2.75) is 51.0 Å². The highest BCUT2D eigenvalue weighted by molar-refractivity contribution is 6.17. The summed E-state index contributed by atoms with van der Waals surface area (Å²) in [7, 11) is 1.38. The normalized spacial score (nSPS) is 17.7. The minimum atomic E-state index is -0.401. The number of hydrogen-bond acceptors (Lipinski definition) is 5. The zero-order valence-electron chi connectivity index (χ0n) is 18.2. The molecule has 1 aliphatic heterocycles. The van der Waals surface area contributed by atoms with Gasteiger partial charge in [0, 0.05) is 18.4 Å². The molecule has 5 heteroatoms. The lowest BCUT2D eigenvalue weighted by atomic mass is 9.86. The van der Waals surface area contributed by atoms with Crippen LogP contribution < -0.4 is 4.90 Å². The van der Waals surface area contributed by atoms with E-state index >= 15 is 0 Å². The second-order valence-electron chi connectivity index (χ2n) is 8.59. The van der Waals surface area contributed by atoms with Gasteiger partial charge >= 0.3 is 11.9 Å². The van der Waals surface area contributed by atoms with Crippen molar-refractivity contribution in [1.29, 1.82) is 0 Å². The summed E-state index contributed by atoms with van der Waals surface area (Å²) in [6, 6.07) is 15.2. The van der Waals surface area contributed by atoms with Gasteiger partial charge in [0.05, 0.1) is 18.2 Å². The van der Waals surface area contributed by atoms with Crippen molar-refractivity contribution >= 4 is 23.2 Å². The number of esters is 2. The fourth-order valence-electron chi connectivity index (χ4n) is 4.51. The highest BCUT2D eigenvalue weighted by Gasteiger charge is 2.32. The summed E-state index contributed by atoms with van der Waals surface area (Å²) in [5, 5.41) is 0. The Morgan fingerprint density at radius 1 is 1.00 bits per heavy atom. The van der Waals surface area contributed by atoms with Gasteiger partial charge in [0.25, 0.3) is 0 Å². The highest BCUT2D eigenvalue weighted by atomic mass is 16.6. The van der Waals surface area contributed by atoms with Crippen molar-refractivity contribution in [1.82, 2.24) is 0 Å². The molecule has 1 saturated carbocycles. The third-order valence-electron chi connectivity index (χ3n) is 6.27. The van der Waals surface area contributed by atoms with Gasteiger partial charge < -0.3 is 14.4 Å². The van der Waals surface area contributed by atoms with Crippen LogP contribution in [0.1, 0.15) is 60.5 Å². The molecule has 0 bridgehead atoms. The molecule has 1 aliphatic carbocycles. The van der Waals surface area contributed by atoms with Gasteiger partial charge in [-0.3, -0.25) is 0 Å². The Kier molecular flexibility index (Phi) is 6.12. The Labute approximate surface area is 183 Å². The van der Waals surface area contributed by atoms with Crippen LogP contribution in [0, 0.1) is 0 Å². The Bertz CT molecular complexity index is 990. The minimum absolute atomic E-state index is 0.282. The number of fused-ring (bicyclic) bond motifs is 1. The van der Waals surface area contributed by atoms with Crippen LogP contribution in [0.2, 0.25) is 0 Å². The maximum absolute atomic E-state index is 13.3. The molecular weight excluding hydrogens is 390 g/mol. The maximum Gasteiger partial charge on any atom is 0.340 e. The van der Waals surface area contributed by atoms with Crippen molar-refractivity contribution < 1.29 is 19.1 Å². The lowest BCUT2D eigenvalue weighted by Crippen LogP contribution is -2.34. The van der Waals surface area contributed by atoms with Crippen molar-refractivity contribution in [3.05, 3.63) is 71.4 Å². The van der Waals surface area contributed by atoms with E-state index in [2.05, 4.69) is 4.90 Å². The SMILES string of the molecule is COC(=O)c1ccc2c(c1)CCN2/C=C(/C(=O)OC1(C)CCCCC1)c1ccccc1. The molecule has 0 spiro atoms. The number of benzene rings is 2. The Morgan fingerprint density at radius 3 is 2.45 bits per heavy atom. The minimum Gasteiger partial charge on any atom is -0.465 e. The average Bonchev–Trinajstić information content (AvgIpc) is 3.19. The number of hydrogen-bond donors (Lipinski definition) is 0. The molecule has 0 saturated heterocycles. The lowest BCUT2D eigenvalue weighted by Gasteiger charge is -2.33. The summed E-state index contributed by atoms with van der Waals surface area (Å²) < 4.78 is 10.9. The second kappa shape index (κ2) is 8.96. The molecule has 0 atom stereocenters. The van der Waals surface area contributed by atoms with E-state index in [1.165, 1.54) is 13.5 Å². The van der Waals surface area contributed by atoms with Crippen molar-refractivity contribution in [3.63, 3.8) is 0 Å². The third-order valence-corrected chi connectivity index (χ3v) is 6.27. The molecule has 162 valence electrons. The number of methoxy groups -OCH3 is 1. The third kappa shape index (κ3) is 4.66. The molecule has 31 heavy (non-hydrogen) atoms. The van der Waals surface area contributed by atoms with Gasteiger partial charge in [0.1, 0.15) is 5.60 Å². The predicted molar refractivity (Wildman–Crippen MR) is 121 cm³/mol. The topological polar surface area (TPSA) is 55.8 Å². The molecule has 0 radical (unpaired) electrons. The zero-order chi connectivity index (χ0) is 21.8. The van der Waals surface area contributed by atoms with Crippen molar-refractivity contribution in [3.8, 4) is 0 Å². The highest BCUT2D eigenvalue weighted by Crippen LogP contribution is 2.34. The van der Waals surface area contributed by atoms with E-state index in [9.17, 15) is 9.59 Å². The van der Waals surface area contributed by atoms with E-state index in [0.717, 1.165) is 55.5 Å². The molecule has 1 heterocycles. The number of nitrogens with zero attached hydrogens (tertiary/aromatic N) is 1. The van der Waals surface area contributed by atoms with Crippen LogP contribution in [0.25, 0.3) is 5.57 Å². The average molecular weight is 420 g/mol. The number of carbonyl (C=O) groups is 2. The first-order valence-corrected chi connectivity index (χ1v) is 11.0. The van der Waals surface area contributed by atoms with Gasteiger partial charge in [-0.25, -0.2) is 9.59 Å². The van der Waals surface area contributed by atoms with Gasteiger partial charge in [0.2, 0.25) is 0 Å². The molecular formula is C26H29NO4. The van der Waals surface area contributed by atoms with Gasteiger partial charge in [-0.15, -0.1) is 0 Å². The number of rotatable bonds is 5. The van der Waals surface area contributed by atoms with E-state index in [4.69, 9.17) is 9.47 Å². The number of anilines is 1. The molecule has 0 aromatic heterocycles. The van der Waals surface area contributed by atoms with Crippen LogP contribution in [0.3, 0.4) is 0 Å². The molecule has 4 rings (SSSR count). The molecule has 0 unspecified atom stereocenters. The van der Waals surface area contributed by atoms with Crippen LogP contribution in [0.15, 0.2) is 54.7 Å². The molecule has 1 fully saturated rings. The largest absolute Gasteiger partial charge is 0.465 e. The van der Waals surface area contributed by atoms with Crippen LogP contribution in [0.4, 0.5) is 5.69 Å². The van der Waals surface area contributed by atoms with Gasteiger partial charge in [-0.05, 0) is 68.4 Å². The van der Waals surface area contributed by atoms with E-state index in [1.54, 1.807) is 6.07 Å². The Hall–Kier alpha value is -3.08. The molecule has 2 aliphatic rings. The smallest absolute Gasteiger partial charge is 0.340 e. The Balaban J connectivity index is 1.64. The first-order valence-electron chi connectivity index (χ1n) is 11.0. The second-order valence-corrected chi connectivity index (χ2v) is 8.59. The summed E-state index contributed by atoms with van der Waals surface area (Å²) in [6.07, 6.45) is 7.89. The fraction of sp³-hybridized carbons (Fsp3) is 0.385. The predicted octanol–water partition coefficient (Wildman–Crippen LogP) is 5.14. The summed E-state index contributed by atoms with van der Waals surface area (Å²) in [5.74, 6) is -0.624. The lowest BCUT2D eigenvalue weighted by molar-refractivity contribution is -0.153. The summed E-state index contributed by atoms with van der Waals surface area (Å²) in [5.41, 5.74) is 3.60. The van der Waals surface area contributed by atoms with Crippen molar-refractivity contribution in [2.75, 3.05) is 18.6 Å². The van der Waals surface area contributed by atoms with Crippen LogP contribution >= 0.6 is 0 Å². The molecule has 2 aromatic rings. The van der Waals surface area contributed by atoms with Gasteiger partial charge in [-0.1, -0.05) is 36.8 Å². The maximum atomic E-state index is 13.3. The Morgan fingerprint density at radius 2 is 1.74 bits per heavy atom. The monoisotopic (exact) mass is 419 g/mol. The van der Waals surface area contributed by atoms with Gasteiger partial charge in [-0.2, -0.15) is 0 Å². The van der Waals surface area contributed by atoms with E-state index in [-0.39, 0.29) is 11.9 Å². The zero-order valence-corrected chi connectivity index (χ0v) is 18.2.